The van der Waals surface area contributed by atoms with E-state index in [1.54, 1.807) is 25.1 Å². The SMILES string of the molecule is CCCOc1ccc(S(=O)(=O)NCC(C)(O)c2cccs2)cc1. The highest BCUT2D eigenvalue weighted by Gasteiger charge is 2.27. The fourth-order valence-corrected chi connectivity index (χ4v) is 3.85. The van der Waals surface area contributed by atoms with E-state index >= 15 is 0 Å². The number of rotatable bonds is 8. The van der Waals surface area contributed by atoms with E-state index in [2.05, 4.69) is 4.72 Å². The summed E-state index contributed by atoms with van der Waals surface area (Å²) >= 11 is 1.38. The monoisotopic (exact) mass is 355 g/mol. The molecule has 0 saturated heterocycles. The lowest BCUT2D eigenvalue weighted by Gasteiger charge is -2.22. The Hall–Kier alpha value is -1.41. The molecule has 2 N–H and O–H groups in total. The molecule has 0 aliphatic heterocycles. The van der Waals surface area contributed by atoms with Crippen molar-refractivity contribution >= 4 is 21.4 Å². The molecule has 2 aromatic rings. The zero-order chi connectivity index (χ0) is 16.9. The van der Waals surface area contributed by atoms with Crippen LogP contribution in [0, 0.1) is 0 Å². The number of hydrogen-bond donors (Lipinski definition) is 2. The van der Waals surface area contributed by atoms with Crippen molar-refractivity contribution in [2.45, 2.75) is 30.8 Å². The van der Waals surface area contributed by atoms with Crippen molar-refractivity contribution < 1.29 is 18.3 Å². The van der Waals surface area contributed by atoms with Crippen LogP contribution in [0.15, 0.2) is 46.7 Å². The molecule has 1 aromatic heterocycles. The van der Waals surface area contributed by atoms with Crippen LogP contribution in [0.4, 0.5) is 0 Å². The summed E-state index contributed by atoms with van der Waals surface area (Å²) in [7, 11) is -3.68. The van der Waals surface area contributed by atoms with Gasteiger partial charge in [0.05, 0.1) is 11.5 Å². The Morgan fingerprint density at radius 3 is 2.52 bits per heavy atom. The molecule has 1 aromatic carbocycles. The minimum Gasteiger partial charge on any atom is -0.494 e. The van der Waals surface area contributed by atoms with Gasteiger partial charge in [0.15, 0.2) is 0 Å². The quantitative estimate of drug-likeness (QED) is 0.763. The molecule has 0 spiro atoms. The molecule has 2 rings (SSSR count). The molecule has 23 heavy (non-hydrogen) atoms. The number of sulfonamides is 1. The molecule has 1 heterocycles. The number of thiophene rings is 1. The molecule has 0 saturated carbocycles. The maximum atomic E-state index is 12.3. The van der Waals surface area contributed by atoms with Crippen molar-refractivity contribution in [1.29, 1.82) is 0 Å². The predicted octanol–water partition coefficient (Wildman–Crippen LogP) is 2.72. The summed E-state index contributed by atoms with van der Waals surface area (Å²) in [5, 5.41) is 12.2. The third-order valence-electron chi connectivity index (χ3n) is 3.27. The number of benzene rings is 1. The Balaban J connectivity index is 2.04. The van der Waals surface area contributed by atoms with Crippen molar-refractivity contribution in [3.63, 3.8) is 0 Å². The largest absolute Gasteiger partial charge is 0.494 e. The van der Waals surface area contributed by atoms with E-state index in [9.17, 15) is 13.5 Å². The molecule has 7 heteroatoms. The predicted molar refractivity (Wildman–Crippen MR) is 91.3 cm³/mol. The zero-order valence-corrected chi connectivity index (χ0v) is 14.8. The Labute approximate surface area is 141 Å². The fraction of sp³-hybridized carbons (Fsp3) is 0.375. The summed E-state index contributed by atoms with van der Waals surface area (Å²) in [6.07, 6.45) is 0.888. The van der Waals surface area contributed by atoms with Gasteiger partial charge in [0, 0.05) is 11.4 Å². The topological polar surface area (TPSA) is 75.6 Å². The van der Waals surface area contributed by atoms with Crippen molar-refractivity contribution in [3.05, 3.63) is 46.7 Å². The number of nitrogens with one attached hydrogen (secondary N) is 1. The van der Waals surface area contributed by atoms with Crippen LogP contribution in [-0.4, -0.2) is 26.7 Å². The molecule has 1 atom stereocenters. The van der Waals surface area contributed by atoms with Crippen LogP contribution < -0.4 is 9.46 Å². The summed E-state index contributed by atoms with van der Waals surface area (Å²) in [6, 6.07) is 9.83. The maximum Gasteiger partial charge on any atom is 0.240 e. The van der Waals surface area contributed by atoms with Crippen LogP contribution in [0.5, 0.6) is 5.75 Å². The van der Waals surface area contributed by atoms with Crippen molar-refractivity contribution in [1.82, 2.24) is 4.72 Å². The second kappa shape index (κ2) is 7.44. The molecule has 0 aliphatic carbocycles. The lowest BCUT2D eigenvalue weighted by molar-refractivity contribution is 0.0666. The van der Waals surface area contributed by atoms with E-state index < -0.39 is 15.6 Å². The van der Waals surface area contributed by atoms with E-state index in [1.165, 1.54) is 23.5 Å². The van der Waals surface area contributed by atoms with Gasteiger partial charge in [-0.15, -0.1) is 11.3 Å². The van der Waals surface area contributed by atoms with Crippen molar-refractivity contribution in [2.24, 2.45) is 0 Å². The van der Waals surface area contributed by atoms with Gasteiger partial charge >= 0.3 is 0 Å². The molecule has 0 radical (unpaired) electrons. The number of aliphatic hydroxyl groups is 1. The molecular formula is C16H21NO4S2. The van der Waals surface area contributed by atoms with Gasteiger partial charge in [-0.3, -0.25) is 0 Å². The van der Waals surface area contributed by atoms with Gasteiger partial charge in [0.2, 0.25) is 10.0 Å². The Morgan fingerprint density at radius 1 is 1.26 bits per heavy atom. The molecular weight excluding hydrogens is 334 g/mol. The van der Waals surface area contributed by atoms with Gasteiger partial charge in [-0.1, -0.05) is 13.0 Å². The second-order valence-electron chi connectivity index (χ2n) is 5.40. The van der Waals surface area contributed by atoms with Crippen LogP contribution in [-0.2, 0) is 15.6 Å². The first-order chi connectivity index (χ1) is 10.8. The molecule has 0 amide bonds. The third kappa shape index (κ3) is 4.78. The molecule has 0 fully saturated rings. The summed E-state index contributed by atoms with van der Waals surface area (Å²) in [4.78, 5) is 0.854. The normalized spacial score (nSPS) is 14.4. The van der Waals surface area contributed by atoms with Gasteiger partial charge in [-0.25, -0.2) is 13.1 Å². The first kappa shape index (κ1) is 17.9. The fourth-order valence-electron chi connectivity index (χ4n) is 1.93. The number of hydrogen-bond acceptors (Lipinski definition) is 5. The highest BCUT2D eigenvalue weighted by molar-refractivity contribution is 7.89. The first-order valence-electron chi connectivity index (χ1n) is 7.34. The summed E-state index contributed by atoms with van der Waals surface area (Å²) in [5.41, 5.74) is -1.24. The van der Waals surface area contributed by atoms with E-state index in [0.717, 1.165) is 6.42 Å². The number of ether oxygens (including phenoxy) is 1. The molecule has 5 nitrogen and oxygen atoms in total. The molecule has 126 valence electrons. The standard InChI is InChI=1S/C16H21NO4S2/c1-3-10-21-13-6-8-14(9-7-13)23(19,20)17-12-16(2,18)15-5-4-11-22-15/h4-9,11,17-18H,3,10,12H2,1-2H3. The van der Waals surface area contributed by atoms with E-state index in [4.69, 9.17) is 4.74 Å². The van der Waals surface area contributed by atoms with Crippen molar-refractivity contribution in [3.8, 4) is 5.75 Å². The second-order valence-corrected chi connectivity index (χ2v) is 8.11. The molecule has 1 unspecified atom stereocenters. The van der Waals surface area contributed by atoms with E-state index in [-0.39, 0.29) is 11.4 Å². The highest BCUT2D eigenvalue weighted by Crippen LogP contribution is 2.25. The maximum absolute atomic E-state index is 12.3. The van der Waals surface area contributed by atoms with Gasteiger partial charge < -0.3 is 9.84 Å². The van der Waals surface area contributed by atoms with Crippen LogP contribution in [0.25, 0.3) is 0 Å². The van der Waals surface area contributed by atoms with Crippen LogP contribution in [0.3, 0.4) is 0 Å². The van der Waals surface area contributed by atoms with Crippen molar-refractivity contribution in [2.75, 3.05) is 13.2 Å². The average Bonchev–Trinajstić information content (AvgIpc) is 3.07. The zero-order valence-electron chi connectivity index (χ0n) is 13.2. The summed E-state index contributed by atoms with van der Waals surface area (Å²) in [5.74, 6) is 0.636. The van der Waals surface area contributed by atoms with Gasteiger partial charge in [-0.2, -0.15) is 0 Å². The summed E-state index contributed by atoms with van der Waals surface area (Å²) < 4.78 is 32.5. The van der Waals surface area contributed by atoms with Crippen LogP contribution in [0.1, 0.15) is 25.1 Å². The van der Waals surface area contributed by atoms with Crippen LogP contribution in [0.2, 0.25) is 0 Å². The third-order valence-corrected chi connectivity index (χ3v) is 5.81. The average molecular weight is 355 g/mol. The summed E-state index contributed by atoms with van der Waals surface area (Å²) in [6.45, 7) is 4.09. The minimum atomic E-state index is -3.68. The first-order valence-corrected chi connectivity index (χ1v) is 9.70. The Bertz CT molecular complexity index is 707. The van der Waals surface area contributed by atoms with Gasteiger partial charge in [0.1, 0.15) is 11.4 Å². The van der Waals surface area contributed by atoms with Crippen LogP contribution >= 0.6 is 11.3 Å². The van der Waals surface area contributed by atoms with E-state index in [1.807, 2.05) is 18.4 Å². The lowest BCUT2D eigenvalue weighted by Crippen LogP contribution is -2.38. The Morgan fingerprint density at radius 2 is 1.96 bits per heavy atom. The molecule has 0 aliphatic rings. The molecule has 0 bridgehead atoms. The van der Waals surface area contributed by atoms with Gasteiger partial charge in [-0.05, 0) is 49.1 Å². The van der Waals surface area contributed by atoms with E-state index in [0.29, 0.717) is 17.2 Å². The lowest BCUT2D eigenvalue weighted by atomic mass is 10.1. The highest BCUT2D eigenvalue weighted by atomic mass is 32.2. The van der Waals surface area contributed by atoms with Gasteiger partial charge in [0.25, 0.3) is 0 Å². The Kier molecular flexibility index (Phi) is 5.80. The minimum absolute atomic E-state index is 0.0933. The smallest absolute Gasteiger partial charge is 0.240 e.